The maximum Gasteiger partial charge on any atom is 0.392 e. The lowest BCUT2D eigenvalue weighted by Gasteiger charge is -2.14. The minimum Gasteiger partial charge on any atom is -0.491 e. The third-order valence-corrected chi connectivity index (χ3v) is 1.38. The van der Waals surface area contributed by atoms with Gasteiger partial charge < -0.3 is 9.22 Å². The molecule has 0 aliphatic rings. The molecule has 0 radical (unpaired) electrons. The zero-order chi connectivity index (χ0) is 8.36. The number of hydrogen-bond acceptors (Lipinski definition) is 3. The van der Waals surface area contributed by atoms with Gasteiger partial charge in [-0.1, -0.05) is 6.58 Å². The Balaban J connectivity index is 3.93. The van der Waals surface area contributed by atoms with Crippen molar-refractivity contribution in [2.75, 3.05) is 0 Å². The predicted octanol–water partition coefficient (Wildman–Crippen LogP) is 0.800. The lowest BCUT2D eigenvalue weighted by molar-refractivity contribution is -0.131. The first-order valence-electron chi connectivity index (χ1n) is 2.94. The zero-order valence-electron chi connectivity index (χ0n) is 6.47. The Kier molecular flexibility index (Phi) is 2.80. The Morgan fingerprint density at radius 2 is 2.00 bits per heavy atom. The van der Waals surface area contributed by atoms with Gasteiger partial charge in [-0.15, -0.1) is 0 Å². The van der Waals surface area contributed by atoms with Crippen LogP contribution >= 0.6 is 0 Å². The molecule has 0 heterocycles. The van der Waals surface area contributed by atoms with Gasteiger partial charge in [-0.05, 0) is 20.0 Å². The van der Waals surface area contributed by atoms with E-state index in [0.29, 0.717) is 5.57 Å². The minimum atomic E-state index is -2.69. The third-order valence-electron chi connectivity index (χ3n) is 0.691. The van der Waals surface area contributed by atoms with Gasteiger partial charge in [0.1, 0.15) is 0 Å². The fourth-order valence-electron chi connectivity index (χ4n) is 0.314. The molecule has 0 fully saturated rings. The van der Waals surface area contributed by atoms with Crippen LogP contribution < -0.4 is 0 Å². The summed E-state index contributed by atoms with van der Waals surface area (Å²) < 4.78 is 4.66. The molecule has 0 atom stereocenters. The SMILES string of the molecule is C=C(C)C(=O)O[Si](C)(C)O. The average Bonchev–Trinajstić information content (AvgIpc) is 1.60. The van der Waals surface area contributed by atoms with Gasteiger partial charge in [0.15, 0.2) is 0 Å². The number of carbonyl (C=O) groups is 1. The van der Waals surface area contributed by atoms with Gasteiger partial charge in [-0.25, -0.2) is 4.79 Å². The van der Waals surface area contributed by atoms with Crippen LogP contribution in [0.4, 0.5) is 0 Å². The largest absolute Gasteiger partial charge is 0.491 e. The molecule has 0 aromatic carbocycles. The molecule has 3 nitrogen and oxygen atoms in total. The normalized spacial score (nSPS) is 10.8. The summed E-state index contributed by atoms with van der Waals surface area (Å²) in [5.74, 6) is -0.515. The van der Waals surface area contributed by atoms with Gasteiger partial charge in [0.25, 0.3) is 0 Å². The van der Waals surface area contributed by atoms with Crippen molar-refractivity contribution >= 4 is 14.5 Å². The quantitative estimate of drug-likeness (QED) is 0.480. The second-order valence-corrected chi connectivity index (χ2v) is 5.71. The third kappa shape index (κ3) is 4.28. The van der Waals surface area contributed by atoms with Crippen molar-refractivity contribution in [2.24, 2.45) is 0 Å². The molecule has 0 aliphatic carbocycles. The molecule has 0 saturated carbocycles. The Bertz CT molecular complexity index is 157. The van der Waals surface area contributed by atoms with E-state index in [4.69, 9.17) is 4.80 Å². The van der Waals surface area contributed by atoms with Crippen LogP contribution in [0.15, 0.2) is 12.2 Å². The summed E-state index contributed by atoms with van der Waals surface area (Å²) in [6.45, 7) is 7.96. The van der Waals surface area contributed by atoms with E-state index >= 15 is 0 Å². The predicted molar refractivity (Wildman–Crippen MR) is 40.6 cm³/mol. The van der Waals surface area contributed by atoms with Crippen LogP contribution in [0, 0.1) is 0 Å². The maximum atomic E-state index is 10.7. The summed E-state index contributed by atoms with van der Waals surface area (Å²) in [6, 6.07) is 0. The average molecular weight is 160 g/mol. The topological polar surface area (TPSA) is 46.5 Å². The van der Waals surface area contributed by atoms with Gasteiger partial charge in [0.05, 0.1) is 0 Å². The summed E-state index contributed by atoms with van der Waals surface area (Å²) in [4.78, 5) is 19.8. The summed E-state index contributed by atoms with van der Waals surface area (Å²) in [5, 5.41) is 0. The fraction of sp³-hybridized carbons (Fsp3) is 0.500. The van der Waals surface area contributed by atoms with Crippen molar-refractivity contribution in [1.82, 2.24) is 0 Å². The van der Waals surface area contributed by atoms with Crippen LogP contribution in [0.2, 0.25) is 13.1 Å². The first kappa shape index (κ1) is 9.39. The Labute approximate surface area is 61.6 Å². The molecule has 1 N–H and O–H groups in total. The van der Waals surface area contributed by atoms with Gasteiger partial charge in [0, 0.05) is 5.57 Å². The smallest absolute Gasteiger partial charge is 0.392 e. The van der Waals surface area contributed by atoms with E-state index in [1.165, 1.54) is 13.1 Å². The maximum absolute atomic E-state index is 10.7. The monoisotopic (exact) mass is 160 g/mol. The van der Waals surface area contributed by atoms with Crippen LogP contribution in [0.25, 0.3) is 0 Å². The van der Waals surface area contributed by atoms with Gasteiger partial charge >= 0.3 is 14.5 Å². The minimum absolute atomic E-state index is 0.314. The fourth-order valence-corrected chi connectivity index (χ4v) is 0.942. The van der Waals surface area contributed by atoms with Crippen molar-refractivity contribution in [3.63, 3.8) is 0 Å². The van der Waals surface area contributed by atoms with Crippen molar-refractivity contribution in [2.45, 2.75) is 20.0 Å². The Hall–Kier alpha value is -0.613. The molecule has 0 aromatic heterocycles. The first-order valence-corrected chi connectivity index (χ1v) is 5.79. The molecule has 0 saturated heterocycles. The van der Waals surface area contributed by atoms with E-state index < -0.39 is 14.5 Å². The summed E-state index contributed by atoms with van der Waals surface area (Å²) in [5.41, 5.74) is 0.314. The number of carbonyl (C=O) groups excluding carboxylic acids is 1. The zero-order valence-corrected chi connectivity index (χ0v) is 7.47. The van der Waals surface area contributed by atoms with E-state index in [1.54, 1.807) is 6.92 Å². The lowest BCUT2D eigenvalue weighted by Crippen LogP contribution is -2.33. The lowest BCUT2D eigenvalue weighted by atomic mass is 10.4. The van der Waals surface area contributed by atoms with Crippen molar-refractivity contribution in [1.29, 1.82) is 0 Å². The summed E-state index contributed by atoms with van der Waals surface area (Å²) in [6.07, 6.45) is 0. The molecule has 0 amide bonds. The van der Waals surface area contributed by atoms with Gasteiger partial charge in [-0.3, -0.25) is 0 Å². The van der Waals surface area contributed by atoms with Gasteiger partial charge in [0.2, 0.25) is 0 Å². The summed E-state index contributed by atoms with van der Waals surface area (Å²) in [7, 11) is -2.69. The van der Waals surface area contributed by atoms with Crippen molar-refractivity contribution in [3.8, 4) is 0 Å². The molecule has 0 unspecified atom stereocenters. The van der Waals surface area contributed by atoms with Crippen LogP contribution in [0.5, 0.6) is 0 Å². The number of hydrogen-bond donors (Lipinski definition) is 1. The van der Waals surface area contributed by atoms with E-state index in [0.717, 1.165) is 0 Å². The molecule has 0 rings (SSSR count). The van der Waals surface area contributed by atoms with E-state index in [2.05, 4.69) is 11.0 Å². The van der Waals surface area contributed by atoms with Crippen molar-refractivity contribution in [3.05, 3.63) is 12.2 Å². The molecular weight excluding hydrogens is 148 g/mol. The van der Waals surface area contributed by atoms with Crippen LogP contribution in [0.1, 0.15) is 6.92 Å². The second-order valence-electron chi connectivity index (χ2n) is 2.62. The summed E-state index contributed by atoms with van der Waals surface area (Å²) >= 11 is 0. The molecule has 4 heteroatoms. The second kappa shape index (κ2) is 2.98. The number of rotatable bonds is 2. The molecule has 0 spiro atoms. The van der Waals surface area contributed by atoms with Crippen LogP contribution in [-0.4, -0.2) is 19.3 Å². The molecule has 10 heavy (non-hydrogen) atoms. The van der Waals surface area contributed by atoms with E-state index in [1.807, 2.05) is 0 Å². The molecule has 0 bridgehead atoms. The highest BCUT2D eigenvalue weighted by molar-refractivity contribution is 6.65. The van der Waals surface area contributed by atoms with Crippen molar-refractivity contribution < 1.29 is 14.0 Å². The Morgan fingerprint density at radius 3 is 2.10 bits per heavy atom. The van der Waals surface area contributed by atoms with E-state index in [9.17, 15) is 4.79 Å². The molecule has 58 valence electrons. The van der Waals surface area contributed by atoms with Crippen LogP contribution in [0.3, 0.4) is 0 Å². The Morgan fingerprint density at radius 1 is 1.60 bits per heavy atom. The molecular formula is C6H12O3Si. The first-order chi connectivity index (χ1) is 4.33. The highest BCUT2D eigenvalue weighted by Gasteiger charge is 2.23. The molecule has 0 aliphatic heterocycles. The highest BCUT2D eigenvalue weighted by atomic mass is 28.4. The van der Waals surface area contributed by atoms with Gasteiger partial charge in [-0.2, -0.15) is 0 Å². The van der Waals surface area contributed by atoms with Crippen LogP contribution in [-0.2, 0) is 9.22 Å². The highest BCUT2D eigenvalue weighted by Crippen LogP contribution is 2.02. The molecule has 0 aromatic rings. The standard InChI is InChI=1S/C6H12O3Si/c1-5(2)6(7)9-10(3,4)8/h8H,1H2,2-4H3. The van der Waals surface area contributed by atoms with E-state index in [-0.39, 0.29) is 0 Å².